The van der Waals surface area contributed by atoms with Crippen molar-refractivity contribution in [3.8, 4) is 0 Å². The summed E-state index contributed by atoms with van der Waals surface area (Å²) in [4.78, 5) is 5.67. The predicted octanol–water partition coefficient (Wildman–Crippen LogP) is 1.81. The van der Waals surface area contributed by atoms with E-state index in [1.165, 1.54) is 0 Å². The highest BCUT2D eigenvalue weighted by Crippen LogP contribution is 2.16. The van der Waals surface area contributed by atoms with Gasteiger partial charge in [-0.3, -0.25) is 4.99 Å². The Morgan fingerprint density at radius 3 is 3.00 bits per heavy atom. The first-order valence-electron chi connectivity index (χ1n) is 2.22. The first kappa shape index (κ1) is 6.05. The van der Waals surface area contributed by atoms with Gasteiger partial charge in [0.15, 0.2) is 0 Å². The van der Waals surface area contributed by atoms with E-state index < -0.39 is 0 Å². The van der Waals surface area contributed by atoms with Crippen molar-refractivity contribution in [3.05, 3.63) is 11.5 Å². The quantitative estimate of drug-likeness (QED) is 0.366. The van der Waals surface area contributed by atoms with E-state index in [2.05, 4.69) is 10.4 Å². The van der Waals surface area contributed by atoms with E-state index in [1.54, 1.807) is 11.0 Å². The third-order valence-electron chi connectivity index (χ3n) is 0.783. The molecular formula is C5H6ClNS. The second-order valence-electron chi connectivity index (χ2n) is 1.35. The van der Waals surface area contributed by atoms with Crippen LogP contribution in [0.3, 0.4) is 0 Å². The molecule has 3 heteroatoms. The maximum absolute atomic E-state index is 5.44. The van der Waals surface area contributed by atoms with Gasteiger partial charge < -0.3 is 0 Å². The molecule has 0 saturated heterocycles. The van der Waals surface area contributed by atoms with Gasteiger partial charge in [-0.25, -0.2) is 0 Å². The Morgan fingerprint density at radius 1 is 1.75 bits per heavy atom. The normalized spacial score (nSPS) is 26.9. The minimum absolute atomic E-state index is 0.110. The molecule has 1 heterocycles. The summed E-state index contributed by atoms with van der Waals surface area (Å²) in [5, 5.41) is 2.06. The molecule has 1 aliphatic heterocycles. The highest BCUT2D eigenvalue weighted by Gasteiger charge is 1.87. The molecule has 8 heavy (non-hydrogen) atoms. The summed E-state index contributed by atoms with van der Waals surface area (Å²) in [6.45, 7) is 0. The fourth-order valence-electron chi connectivity index (χ4n) is 0.427. The van der Waals surface area contributed by atoms with Gasteiger partial charge in [0.05, 0.1) is 5.88 Å². The molecule has 0 saturated carbocycles. The van der Waals surface area contributed by atoms with E-state index in [4.69, 9.17) is 11.6 Å². The van der Waals surface area contributed by atoms with Crippen LogP contribution in [0.1, 0.15) is 0 Å². The lowest BCUT2D eigenvalue weighted by Crippen LogP contribution is -1.80. The molecule has 0 amide bonds. The van der Waals surface area contributed by atoms with Crippen molar-refractivity contribution < 1.29 is 0 Å². The monoisotopic (exact) mass is 147 g/mol. The fraction of sp³-hybridized carbons (Fsp3) is 0.200. The maximum atomic E-state index is 5.44. The van der Waals surface area contributed by atoms with E-state index in [0.717, 1.165) is 5.88 Å². The highest BCUT2D eigenvalue weighted by atomic mass is 35.5. The second-order valence-corrected chi connectivity index (χ2v) is 3.53. The summed E-state index contributed by atoms with van der Waals surface area (Å²) in [5.41, 5.74) is 0. The minimum atomic E-state index is 0.110. The van der Waals surface area contributed by atoms with Gasteiger partial charge in [0.2, 0.25) is 0 Å². The van der Waals surface area contributed by atoms with Crippen LogP contribution in [0.2, 0.25) is 0 Å². The molecule has 1 atom stereocenters. The first-order valence-corrected chi connectivity index (χ1v) is 4.18. The Morgan fingerprint density at radius 2 is 2.62 bits per heavy atom. The van der Waals surface area contributed by atoms with E-state index in [9.17, 15) is 0 Å². The van der Waals surface area contributed by atoms with Crippen molar-refractivity contribution >= 4 is 33.1 Å². The van der Waals surface area contributed by atoms with Gasteiger partial charge in [0.25, 0.3) is 0 Å². The summed E-state index contributed by atoms with van der Waals surface area (Å²) in [7, 11) is 0.110. The topological polar surface area (TPSA) is 12.4 Å². The van der Waals surface area contributed by atoms with E-state index in [0.29, 0.717) is 0 Å². The second kappa shape index (κ2) is 3.05. The third-order valence-corrected chi connectivity index (χ3v) is 2.65. The molecule has 0 radical (unpaired) electrons. The van der Waals surface area contributed by atoms with E-state index >= 15 is 0 Å². The lowest BCUT2D eigenvalue weighted by molar-refractivity contribution is 1.40. The van der Waals surface area contributed by atoms with Gasteiger partial charge in [0.1, 0.15) is 0 Å². The van der Waals surface area contributed by atoms with Crippen LogP contribution < -0.4 is 0 Å². The Kier molecular flexibility index (Phi) is 2.30. The van der Waals surface area contributed by atoms with Crippen molar-refractivity contribution in [1.82, 2.24) is 0 Å². The molecular weight excluding hydrogens is 142 g/mol. The number of hydrogen-bond acceptors (Lipinski definition) is 1. The molecule has 0 spiro atoms. The van der Waals surface area contributed by atoms with E-state index in [-0.39, 0.29) is 10.5 Å². The van der Waals surface area contributed by atoms with E-state index in [1.807, 2.05) is 6.08 Å². The fourth-order valence-corrected chi connectivity index (χ4v) is 1.51. The summed E-state index contributed by atoms with van der Waals surface area (Å²) in [6.07, 6.45) is 3.72. The Labute approximate surface area is 56.0 Å². The molecule has 0 aromatic carbocycles. The molecule has 0 aromatic heterocycles. The van der Waals surface area contributed by atoms with Crippen molar-refractivity contribution in [2.24, 2.45) is 4.99 Å². The number of rotatable bonds is 0. The lowest BCUT2D eigenvalue weighted by Gasteiger charge is -1.98. The Bertz CT molecular complexity index is 160. The number of aliphatic imine (C=N–C) groups is 1. The largest absolute Gasteiger partial charge is 0.283 e. The minimum Gasteiger partial charge on any atom is -0.283 e. The molecule has 0 aliphatic carbocycles. The zero-order valence-corrected chi connectivity index (χ0v) is 5.82. The standard InChI is InChI=1S/C5H6ClNS/c6-4-8-3-1-2-7-5-8/h1-4H,5H2. The molecule has 1 unspecified atom stereocenters. The molecule has 1 aliphatic rings. The van der Waals surface area contributed by atoms with Crippen molar-refractivity contribution in [2.45, 2.75) is 0 Å². The average Bonchev–Trinajstić information content (AvgIpc) is 1.90. The Balaban J connectivity index is 2.66. The summed E-state index contributed by atoms with van der Waals surface area (Å²) < 4.78 is 0. The molecule has 1 rings (SSSR count). The molecule has 44 valence electrons. The summed E-state index contributed by atoms with van der Waals surface area (Å²) in [5.74, 6) is 0.833. The van der Waals surface area contributed by atoms with Gasteiger partial charge in [-0.2, -0.15) is 0 Å². The summed E-state index contributed by atoms with van der Waals surface area (Å²) in [6, 6.07) is 0. The smallest absolute Gasteiger partial charge is 0.0840 e. The zero-order chi connectivity index (χ0) is 5.82. The average molecular weight is 148 g/mol. The van der Waals surface area contributed by atoms with Crippen LogP contribution in [0.25, 0.3) is 0 Å². The molecule has 0 aromatic rings. The lowest BCUT2D eigenvalue weighted by atomic mass is 10.7. The van der Waals surface area contributed by atoms with Gasteiger partial charge >= 0.3 is 0 Å². The van der Waals surface area contributed by atoms with Crippen molar-refractivity contribution in [1.29, 1.82) is 0 Å². The SMILES string of the molecule is ClC=S1C=CC=NC1. The number of allylic oxidation sites excluding steroid dienone is 1. The third kappa shape index (κ3) is 1.46. The number of nitrogens with zero attached hydrogens (tertiary/aromatic N) is 1. The van der Waals surface area contributed by atoms with Gasteiger partial charge in [-0.15, -0.1) is 10.5 Å². The first-order chi connectivity index (χ1) is 3.93. The van der Waals surface area contributed by atoms with Crippen LogP contribution in [0.15, 0.2) is 16.5 Å². The predicted molar refractivity (Wildman–Crippen MR) is 42.0 cm³/mol. The van der Waals surface area contributed by atoms with Crippen LogP contribution in [0.4, 0.5) is 0 Å². The van der Waals surface area contributed by atoms with Gasteiger partial charge in [-0.1, -0.05) is 11.6 Å². The maximum Gasteiger partial charge on any atom is 0.0840 e. The summed E-state index contributed by atoms with van der Waals surface area (Å²) >= 11 is 5.44. The van der Waals surface area contributed by atoms with Crippen molar-refractivity contribution in [3.63, 3.8) is 0 Å². The van der Waals surface area contributed by atoms with Crippen LogP contribution in [-0.4, -0.2) is 16.9 Å². The van der Waals surface area contributed by atoms with Crippen molar-refractivity contribution in [2.75, 3.05) is 5.88 Å². The van der Waals surface area contributed by atoms with Crippen LogP contribution in [-0.2, 0) is 0 Å². The van der Waals surface area contributed by atoms with Gasteiger partial charge in [0, 0.05) is 11.0 Å². The highest BCUT2D eigenvalue weighted by molar-refractivity contribution is 8.18. The van der Waals surface area contributed by atoms with Crippen LogP contribution in [0.5, 0.6) is 0 Å². The number of halogens is 1. The Hall–Kier alpha value is -0.0800. The van der Waals surface area contributed by atoms with Crippen LogP contribution >= 0.6 is 22.1 Å². The van der Waals surface area contributed by atoms with Gasteiger partial charge in [-0.05, 0) is 11.5 Å². The molecule has 1 nitrogen and oxygen atoms in total. The number of hydrogen-bond donors (Lipinski definition) is 0. The molecule has 0 bridgehead atoms. The van der Waals surface area contributed by atoms with Crippen LogP contribution in [0, 0.1) is 0 Å². The zero-order valence-electron chi connectivity index (χ0n) is 4.25. The molecule has 0 fully saturated rings. The molecule has 0 N–H and O–H groups in total.